The number of carbonyl (C=O) groups is 1. The minimum atomic E-state index is -0.576. The number of allylic oxidation sites excluding steroid dienone is 2. The number of aliphatic hydroxyl groups is 1. The maximum atomic E-state index is 14.2. The summed E-state index contributed by atoms with van der Waals surface area (Å²) >= 11 is 0. The number of carbonyl (C=O) groups excluding carboxylic acids is 1. The molecular weight excluding hydrogens is 570 g/mol. The molecule has 0 bridgehead atoms. The van der Waals surface area contributed by atoms with Gasteiger partial charge in [0.25, 0.3) is 0 Å². The van der Waals surface area contributed by atoms with Crippen molar-refractivity contribution in [2.45, 2.75) is 13.8 Å². The summed E-state index contributed by atoms with van der Waals surface area (Å²) in [5.41, 5.74) is 6.12. The van der Waals surface area contributed by atoms with E-state index in [4.69, 9.17) is 14.2 Å². The molecule has 9 rings (SSSR count). The van der Waals surface area contributed by atoms with Crippen molar-refractivity contribution >= 4 is 69.2 Å². The van der Waals surface area contributed by atoms with Crippen molar-refractivity contribution < 1.29 is 19.2 Å². The number of ketones is 1. The van der Waals surface area contributed by atoms with Crippen LogP contribution in [0.5, 0.6) is 11.5 Å². The van der Waals surface area contributed by atoms with Crippen molar-refractivity contribution in [3.8, 4) is 11.5 Å². The molecular formula is C38H26B2N2O4. The summed E-state index contributed by atoms with van der Waals surface area (Å²) in [6, 6.07) is 35.8. The number of rotatable bonds is 3. The second kappa shape index (κ2) is 9.88. The van der Waals surface area contributed by atoms with E-state index in [1.165, 1.54) is 0 Å². The van der Waals surface area contributed by atoms with Crippen molar-refractivity contribution in [3.05, 3.63) is 142 Å². The molecule has 1 aliphatic carbocycles. The van der Waals surface area contributed by atoms with Crippen molar-refractivity contribution in [2.24, 2.45) is 4.90 Å². The van der Waals surface area contributed by atoms with Gasteiger partial charge in [-0.25, -0.2) is 0 Å². The Hall–Kier alpha value is -5.75. The van der Waals surface area contributed by atoms with E-state index in [1.807, 2.05) is 123 Å². The average Bonchev–Trinajstić information content (AvgIpc) is 3.08. The molecule has 2 heterocycles. The number of aryl methyl sites for hydroxylation is 2. The zero-order valence-corrected chi connectivity index (χ0v) is 25.2. The van der Waals surface area contributed by atoms with Gasteiger partial charge < -0.3 is 19.6 Å². The fourth-order valence-corrected chi connectivity index (χ4v) is 6.78. The Morgan fingerprint density at radius 2 is 1.30 bits per heavy atom. The maximum absolute atomic E-state index is 14.2. The largest absolute Gasteiger partial charge is 0.538 e. The molecule has 0 unspecified atom stereocenters. The van der Waals surface area contributed by atoms with Crippen molar-refractivity contribution in [2.75, 3.05) is 5.23 Å². The van der Waals surface area contributed by atoms with Crippen LogP contribution in [-0.4, -0.2) is 25.0 Å². The number of nitrogens with one attached hydrogen (secondary N) is 1. The lowest BCUT2D eigenvalue weighted by molar-refractivity contribution is -0.109. The predicted molar refractivity (Wildman–Crippen MR) is 185 cm³/mol. The second-order valence-electron chi connectivity index (χ2n) is 12.1. The number of nitrogens with zero attached hydrogens (tertiary/aromatic N) is 1. The third kappa shape index (κ3) is 3.93. The normalized spacial score (nSPS) is 16.1. The molecule has 0 saturated heterocycles. The maximum Gasteiger partial charge on any atom is 0.538 e. The molecule has 0 saturated carbocycles. The minimum Gasteiger partial charge on any atom is -0.537 e. The first-order valence-corrected chi connectivity index (χ1v) is 15.4. The Bertz CT molecular complexity index is 2460. The predicted octanol–water partition coefficient (Wildman–Crippen LogP) is 4.92. The van der Waals surface area contributed by atoms with E-state index >= 15 is 0 Å². The van der Waals surface area contributed by atoms with Crippen molar-refractivity contribution in [1.29, 1.82) is 0 Å². The highest BCUT2D eigenvalue weighted by molar-refractivity contribution is 6.72. The SMILES string of the molecule is Cc1ccc(B2N=c3/c(=C4\C(=O)C(c5ccc6cccc7c6c5NB(c5ccc(C)cc5)O7)=C4O)ccc4cccc(c34)O2)cc1. The lowest BCUT2D eigenvalue weighted by atomic mass is 9.70. The minimum absolute atomic E-state index is 0.0417. The van der Waals surface area contributed by atoms with Crippen LogP contribution in [-0.2, 0) is 4.79 Å². The van der Waals surface area contributed by atoms with Crippen LogP contribution < -0.4 is 36.0 Å². The molecule has 2 N–H and O–H groups in total. The molecule has 0 radical (unpaired) electrons. The zero-order chi connectivity index (χ0) is 31.1. The zero-order valence-electron chi connectivity index (χ0n) is 25.2. The first-order chi connectivity index (χ1) is 22.4. The number of benzene rings is 6. The molecule has 8 heteroatoms. The van der Waals surface area contributed by atoms with Crippen LogP contribution in [0.15, 0.2) is 120 Å². The van der Waals surface area contributed by atoms with Crippen molar-refractivity contribution in [3.63, 3.8) is 0 Å². The summed E-state index contributed by atoms with van der Waals surface area (Å²) < 4.78 is 12.7. The molecule has 0 fully saturated rings. The van der Waals surface area contributed by atoms with Gasteiger partial charge in [-0.3, -0.25) is 9.70 Å². The van der Waals surface area contributed by atoms with Crippen LogP contribution in [0.2, 0.25) is 0 Å². The molecule has 46 heavy (non-hydrogen) atoms. The molecule has 6 aromatic carbocycles. The smallest absolute Gasteiger partial charge is 0.537 e. The van der Waals surface area contributed by atoms with Gasteiger partial charge in [-0.15, -0.1) is 0 Å². The number of aliphatic hydroxyl groups excluding tert-OH is 1. The molecule has 3 aliphatic rings. The first kappa shape index (κ1) is 26.6. The number of hydrogen-bond donors (Lipinski definition) is 2. The highest BCUT2D eigenvalue weighted by Crippen LogP contribution is 2.45. The molecule has 0 atom stereocenters. The molecule has 218 valence electrons. The summed E-state index contributed by atoms with van der Waals surface area (Å²) in [4.78, 5) is 19.2. The molecule has 6 aromatic rings. The monoisotopic (exact) mass is 596 g/mol. The van der Waals surface area contributed by atoms with Gasteiger partial charge in [-0.2, -0.15) is 0 Å². The van der Waals surface area contributed by atoms with Gasteiger partial charge in [0.05, 0.1) is 16.5 Å². The molecule has 2 aliphatic heterocycles. The molecule has 0 aromatic heterocycles. The highest BCUT2D eigenvalue weighted by Gasteiger charge is 2.40. The summed E-state index contributed by atoms with van der Waals surface area (Å²) in [7, 11) is -1.03. The van der Waals surface area contributed by atoms with E-state index in [2.05, 4.69) is 5.23 Å². The third-order valence-electron chi connectivity index (χ3n) is 9.20. The highest BCUT2D eigenvalue weighted by atomic mass is 16.4. The average molecular weight is 596 g/mol. The van der Waals surface area contributed by atoms with Crippen LogP contribution in [0.3, 0.4) is 0 Å². The Balaban J connectivity index is 1.24. The lowest BCUT2D eigenvalue weighted by Gasteiger charge is -2.30. The summed E-state index contributed by atoms with van der Waals surface area (Å²) in [6.45, 7) is 4.09. The lowest BCUT2D eigenvalue weighted by Crippen LogP contribution is -2.46. The van der Waals surface area contributed by atoms with E-state index < -0.39 is 14.1 Å². The molecule has 0 spiro atoms. The number of Topliss-reactive ketones (excluding diaryl/α,β-unsaturated/α-hetero) is 1. The first-order valence-electron chi connectivity index (χ1n) is 15.4. The van der Waals surface area contributed by atoms with Gasteiger partial charge in [-0.1, -0.05) is 108 Å². The van der Waals surface area contributed by atoms with Crippen LogP contribution in [0.4, 0.5) is 5.69 Å². The fraction of sp³-hybridized carbons (Fsp3) is 0.0526. The van der Waals surface area contributed by atoms with Gasteiger partial charge >= 0.3 is 14.1 Å². The van der Waals surface area contributed by atoms with Crippen LogP contribution >= 0.6 is 0 Å². The summed E-state index contributed by atoms with van der Waals surface area (Å²) in [5.74, 6) is 1.15. The topological polar surface area (TPSA) is 80.2 Å². The van der Waals surface area contributed by atoms with Crippen molar-refractivity contribution in [1.82, 2.24) is 0 Å². The van der Waals surface area contributed by atoms with Gasteiger partial charge in [-0.05, 0) is 47.7 Å². The Labute approximate surface area is 265 Å². The van der Waals surface area contributed by atoms with E-state index in [1.54, 1.807) is 0 Å². The number of anilines is 1. The second-order valence-corrected chi connectivity index (χ2v) is 12.1. The summed E-state index contributed by atoms with van der Waals surface area (Å²) in [5, 5.41) is 20.1. The van der Waals surface area contributed by atoms with E-state index in [-0.39, 0.29) is 22.7 Å². The third-order valence-corrected chi connectivity index (χ3v) is 9.20. The Morgan fingerprint density at radius 1 is 0.674 bits per heavy atom. The van der Waals surface area contributed by atoms with Crippen LogP contribution in [0, 0.1) is 13.8 Å². The quantitative estimate of drug-likeness (QED) is 0.284. The van der Waals surface area contributed by atoms with Gasteiger partial charge in [0.1, 0.15) is 17.3 Å². The number of hydrogen-bond acceptors (Lipinski definition) is 6. The van der Waals surface area contributed by atoms with Gasteiger partial charge in [0.15, 0.2) is 0 Å². The summed E-state index contributed by atoms with van der Waals surface area (Å²) in [6.07, 6.45) is 0. The Morgan fingerprint density at radius 3 is 2.00 bits per heavy atom. The van der Waals surface area contributed by atoms with Gasteiger partial charge in [0.2, 0.25) is 5.78 Å². The molecule has 0 amide bonds. The van der Waals surface area contributed by atoms with E-state index in [0.29, 0.717) is 21.9 Å². The fourth-order valence-electron chi connectivity index (χ4n) is 6.78. The van der Waals surface area contributed by atoms with Crippen LogP contribution in [0.25, 0.3) is 32.7 Å². The van der Waals surface area contributed by atoms with Gasteiger partial charge in [0, 0.05) is 27.2 Å². The molecule has 6 nitrogen and oxygen atoms in total. The van der Waals surface area contributed by atoms with E-state index in [0.717, 1.165) is 55.0 Å². The Kier molecular flexibility index (Phi) is 5.72. The van der Waals surface area contributed by atoms with E-state index in [9.17, 15) is 9.90 Å². The standard InChI is InChI=1S/C38H26B2N2O4/c1-21-9-15-25(16-10-21)39-41-35-27(19-13-23-5-3-7-29(45-39)31(23)35)33-37(43)34(38(33)44)28-20-14-24-6-4-8-30-32(24)36(28)42-40(46-30)26-17-11-22(2)12-18-26/h3-20,41,43H,1-2H3/b34-28-. The van der Waals surface area contributed by atoms with Crippen LogP contribution in [0.1, 0.15) is 16.7 Å².